The number of hydrogen-bond donors (Lipinski definition) is 3. The SMILES string of the molecule is Nc1nccnc1C(O)Nc1cnn(Cc2ccc(F)cc2F)c1. The standard InChI is InChI=1S/C15H14F2N6O/c16-10-2-1-9(12(17)5-10)7-23-8-11(6-21-23)22-15(24)13-14(18)20-4-3-19-13/h1-6,8,15,22,24H,7H2,(H2,18,20). The van der Waals surface area contributed by atoms with Gasteiger partial charge in [-0.05, 0) is 6.07 Å². The second-order valence-electron chi connectivity index (χ2n) is 5.04. The summed E-state index contributed by atoms with van der Waals surface area (Å²) in [6.45, 7) is 0.122. The normalized spacial score (nSPS) is 12.1. The van der Waals surface area contributed by atoms with Crippen LogP contribution in [-0.4, -0.2) is 24.9 Å². The van der Waals surface area contributed by atoms with E-state index in [1.54, 1.807) is 6.20 Å². The van der Waals surface area contributed by atoms with Crippen LogP contribution in [0.4, 0.5) is 20.3 Å². The molecule has 24 heavy (non-hydrogen) atoms. The predicted molar refractivity (Wildman–Crippen MR) is 82.7 cm³/mol. The summed E-state index contributed by atoms with van der Waals surface area (Å²) >= 11 is 0. The van der Waals surface area contributed by atoms with Crippen LogP contribution in [0.2, 0.25) is 0 Å². The van der Waals surface area contributed by atoms with E-state index < -0.39 is 17.9 Å². The Morgan fingerprint density at radius 1 is 1.25 bits per heavy atom. The van der Waals surface area contributed by atoms with Gasteiger partial charge < -0.3 is 16.2 Å². The maximum absolute atomic E-state index is 13.7. The molecule has 1 atom stereocenters. The largest absolute Gasteiger partial charge is 0.382 e. The number of benzene rings is 1. The van der Waals surface area contributed by atoms with Crippen molar-refractivity contribution >= 4 is 11.5 Å². The second-order valence-corrected chi connectivity index (χ2v) is 5.04. The Balaban J connectivity index is 1.70. The quantitative estimate of drug-likeness (QED) is 0.615. The molecule has 0 fully saturated rings. The highest BCUT2D eigenvalue weighted by atomic mass is 19.1. The van der Waals surface area contributed by atoms with Gasteiger partial charge in [-0.2, -0.15) is 5.10 Å². The molecular formula is C15H14F2N6O. The van der Waals surface area contributed by atoms with Crippen molar-refractivity contribution < 1.29 is 13.9 Å². The topological polar surface area (TPSA) is 102 Å². The van der Waals surface area contributed by atoms with E-state index in [2.05, 4.69) is 20.4 Å². The van der Waals surface area contributed by atoms with Gasteiger partial charge in [-0.1, -0.05) is 6.07 Å². The molecule has 0 saturated carbocycles. The molecule has 0 aliphatic rings. The maximum Gasteiger partial charge on any atom is 0.171 e. The summed E-state index contributed by atoms with van der Waals surface area (Å²) in [5.41, 5.74) is 6.61. The first kappa shape index (κ1) is 15.8. The molecule has 0 aliphatic carbocycles. The first-order chi connectivity index (χ1) is 11.5. The highest BCUT2D eigenvalue weighted by molar-refractivity contribution is 5.44. The van der Waals surface area contributed by atoms with Gasteiger partial charge in [0.1, 0.15) is 23.1 Å². The molecule has 0 aliphatic heterocycles. The molecule has 0 radical (unpaired) electrons. The lowest BCUT2D eigenvalue weighted by Gasteiger charge is -2.12. The van der Waals surface area contributed by atoms with Crippen LogP contribution in [0, 0.1) is 11.6 Å². The van der Waals surface area contributed by atoms with Crippen molar-refractivity contribution in [2.24, 2.45) is 0 Å². The molecule has 0 saturated heterocycles. The third kappa shape index (κ3) is 3.46. The molecule has 0 spiro atoms. The van der Waals surface area contributed by atoms with Crippen LogP contribution in [0.15, 0.2) is 43.0 Å². The Bertz CT molecular complexity index is 853. The molecular weight excluding hydrogens is 318 g/mol. The average molecular weight is 332 g/mol. The van der Waals surface area contributed by atoms with E-state index in [-0.39, 0.29) is 18.1 Å². The van der Waals surface area contributed by atoms with Crippen molar-refractivity contribution in [1.29, 1.82) is 0 Å². The van der Waals surface area contributed by atoms with Gasteiger partial charge in [0.15, 0.2) is 6.23 Å². The fourth-order valence-corrected chi connectivity index (χ4v) is 2.15. The Kier molecular flexibility index (Phi) is 4.34. The van der Waals surface area contributed by atoms with Crippen molar-refractivity contribution in [1.82, 2.24) is 19.7 Å². The number of anilines is 2. The minimum Gasteiger partial charge on any atom is -0.382 e. The van der Waals surface area contributed by atoms with E-state index in [0.717, 1.165) is 6.07 Å². The molecule has 1 aromatic carbocycles. The number of hydrogen-bond acceptors (Lipinski definition) is 6. The molecule has 2 aromatic heterocycles. The third-order valence-electron chi connectivity index (χ3n) is 3.30. The van der Waals surface area contributed by atoms with Gasteiger partial charge in [-0.25, -0.2) is 13.8 Å². The van der Waals surface area contributed by atoms with Crippen LogP contribution in [-0.2, 0) is 6.54 Å². The molecule has 3 aromatic rings. The van der Waals surface area contributed by atoms with Gasteiger partial charge in [0, 0.05) is 30.2 Å². The van der Waals surface area contributed by atoms with Crippen molar-refractivity contribution in [3.63, 3.8) is 0 Å². The number of halogens is 2. The van der Waals surface area contributed by atoms with E-state index in [1.165, 1.54) is 35.4 Å². The minimum atomic E-state index is -1.17. The number of aromatic nitrogens is 4. The van der Waals surface area contributed by atoms with E-state index in [1.807, 2.05) is 0 Å². The fourth-order valence-electron chi connectivity index (χ4n) is 2.15. The monoisotopic (exact) mass is 332 g/mol. The van der Waals surface area contributed by atoms with Gasteiger partial charge in [0.05, 0.1) is 18.4 Å². The number of aliphatic hydroxyl groups is 1. The summed E-state index contributed by atoms with van der Waals surface area (Å²) < 4.78 is 28.0. The van der Waals surface area contributed by atoms with Crippen LogP contribution in [0.3, 0.4) is 0 Å². The van der Waals surface area contributed by atoms with Gasteiger partial charge >= 0.3 is 0 Å². The zero-order valence-electron chi connectivity index (χ0n) is 12.4. The Hall–Kier alpha value is -3.07. The third-order valence-corrected chi connectivity index (χ3v) is 3.30. The molecule has 9 heteroatoms. The summed E-state index contributed by atoms with van der Waals surface area (Å²) in [6.07, 6.45) is 4.69. The molecule has 0 amide bonds. The fraction of sp³-hybridized carbons (Fsp3) is 0.133. The van der Waals surface area contributed by atoms with Crippen molar-refractivity contribution in [2.75, 3.05) is 11.1 Å². The highest BCUT2D eigenvalue weighted by Crippen LogP contribution is 2.19. The molecule has 3 rings (SSSR count). The average Bonchev–Trinajstić information content (AvgIpc) is 2.97. The lowest BCUT2D eigenvalue weighted by Crippen LogP contribution is -2.14. The zero-order chi connectivity index (χ0) is 17.1. The lowest BCUT2D eigenvalue weighted by molar-refractivity contribution is 0.203. The number of nitrogens with two attached hydrogens (primary N) is 1. The smallest absolute Gasteiger partial charge is 0.171 e. The molecule has 0 bridgehead atoms. The van der Waals surface area contributed by atoms with Crippen molar-refractivity contribution in [3.8, 4) is 0 Å². The van der Waals surface area contributed by atoms with Crippen LogP contribution in [0.5, 0.6) is 0 Å². The van der Waals surface area contributed by atoms with Crippen molar-refractivity contribution in [3.05, 3.63) is 65.9 Å². The summed E-state index contributed by atoms with van der Waals surface area (Å²) in [5.74, 6) is -1.17. The number of nitrogens with zero attached hydrogens (tertiary/aromatic N) is 4. The highest BCUT2D eigenvalue weighted by Gasteiger charge is 2.14. The van der Waals surface area contributed by atoms with E-state index in [4.69, 9.17) is 5.73 Å². The first-order valence-corrected chi connectivity index (χ1v) is 7.00. The minimum absolute atomic E-state index is 0.110. The predicted octanol–water partition coefficient (Wildman–Crippen LogP) is 1.68. The summed E-state index contributed by atoms with van der Waals surface area (Å²) in [4.78, 5) is 7.80. The number of nitrogens with one attached hydrogen (secondary N) is 1. The molecule has 4 N–H and O–H groups in total. The van der Waals surface area contributed by atoms with Crippen LogP contribution in [0.1, 0.15) is 17.5 Å². The summed E-state index contributed by atoms with van der Waals surface area (Å²) in [6, 6.07) is 3.36. The summed E-state index contributed by atoms with van der Waals surface area (Å²) in [5, 5.41) is 16.9. The lowest BCUT2D eigenvalue weighted by atomic mass is 10.2. The number of aliphatic hydroxyl groups excluding tert-OH is 1. The Morgan fingerprint density at radius 3 is 2.79 bits per heavy atom. The van der Waals surface area contributed by atoms with Gasteiger partial charge in [0.2, 0.25) is 0 Å². The van der Waals surface area contributed by atoms with Gasteiger partial charge in [-0.3, -0.25) is 9.67 Å². The first-order valence-electron chi connectivity index (χ1n) is 7.00. The molecule has 2 heterocycles. The van der Waals surface area contributed by atoms with Crippen molar-refractivity contribution in [2.45, 2.75) is 12.8 Å². The number of nitrogen functional groups attached to an aromatic ring is 1. The van der Waals surface area contributed by atoms with E-state index in [0.29, 0.717) is 11.3 Å². The van der Waals surface area contributed by atoms with E-state index >= 15 is 0 Å². The van der Waals surface area contributed by atoms with Gasteiger partial charge in [-0.15, -0.1) is 0 Å². The maximum atomic E-state index is 13.7. The molecule has 7 nitrogen and oxygen atoms in total. The van der Waals surface area contributed by atoms with Gasteiger partial charge in [0.25, 0.3) is 0 Å². The van der Waals surface area contributed by atoms with Crippen LogP contribution < -0.4 is 11.1 Å². The molecule has 1 unspecified atom stereocenters. The zero-order valence-corrected chi connectivity index (χ0v) is 12.4. The second kappa shape index (κ2) is 6.59. The number of rotatable bonds is 5. The van der Waals surface area contributed by atoms with E-state index in [9.17, 15) is 13.9 Å². The summed E-state index contributed by atoms with van der Waals surface area (Å²) in [7, 11) is 0. The Morgan fingerprint density at radius 2 is 2.04 bits per heavy atom. The Labute approximate surface area is 135 Å². The van der Waals surface area contributed by atoms with Crippen LogP contribution in [0.25, 0.3) is 0 Å². The van der Waals surface area contributed by atoms with Crippen LogP contribution >= 0.6 is 0 Å². The molecule has 124 valence electrons.